The zero-order valence-corrected chi connectivity index (χ0v) is 26.0. The summed E-state index contributed by atoms with van der Waals surface area (Å²) in [5, 5.41) is 11.0. The zero-order valence-electron chi connectivity index (χ0n) is 24.3. The molecule has 1 N–H and O–H groups in total. The van der Waals surface area contributed by atoms with Gasteiger partial charge in [0.1, 0.15) is 0 Å². The van der Waals surface area contributed by atoms with Gasteiger partial charge in [0.25, 0.3) is 0 Å². The first-order valence-corrected chi connectivity index (χ1v) is 14.7. The number of hydrogen-bond acceptors (Lipinski definition) is 3. The van der Waals surface area contributed by atoms with Crippen molar-refractivity contribution >= 4 is 24.7 Å². The maximum atomic E-state index is 13.2. The average Bonchev–Trinajstić information content (AvgIpc) is 2.72. The number of carbonyl (C=O) groups is 1. The molecule has 3 nitrogen and oxygen atoms in total. The Labute approximate surface area is 224 Å². The van der Waals surface area contributed by atoms with Gasteiger partial charge in [-0.2, -0.15) is 0 Å². The summed E-state index contributed by atoms with van der Waals surface area (Å²) < 4.78 is 9.06. The first-order valence-electron chi connectivity index (χ1n) is 12.9. The molecule has 4 heteroatoms. The SMILES string of the molecule is CC(C)(C)C1=CC(=CC2C(=O)C(=CC3=CC(C(C)(C)C)=[Se]C(C(C)(C)C)=C3)C2O)C=C(C(C)(C)C)O1. The number of ketones is 1. The van der Waals surface area contributed by atoms with E-state index in [0.717, 1.165) is 22.7 Å². The van der Waals surface area contributed by atoms with Crippen LogP contribution in [0.5, 0.6) is 0 Å². The van der Waals surface area contributed by atoms with E-state index in [0.29, 0.717) is 5.57 Å². The molecule has 0 aromatic rings. The Morgan fingerprint density at radius 3 is 1.72 bits per heavy atom. The second kappa shape index (κ2) is 9.53. The molecule has 1 aliphatic carbocycles. The van der Waals surface area contributed by atoms with E-state index in [2.05, 4.69) is 95.2 Å². The van der Waals surface area contributed by atoms with Crippen molar-refractivity contribution in [3.8, 4) is 0 Å². The number of rotatable bonds is 2. The van der Waals surface area contributed by atoms with Crippen LogP contribution in [0.1, 0.15) is 83.1 Å². The minimum atomic E-state index is -0.802. The molecule has 2 atom stereocenters. The Hall–Kier alpha value is -1.74. The van der Waals surface area contributed by atoms with Crippen molar-refractivity contribution in [2.75, 3.05) is 0 Å². The van der Waals surface area contributed by atoms with E-state index in [1.165, 1.54) is 8.89 Å². The van der Waals surface area contributed by atoms with E-state index in [9.17, 15) is 9.90 Å². The Morgan fingerprint density at radius 2 is 1.31 bits per heavy atom. The summed E-state index contributed by atoms with van der Waals surface area (Å²) in [6, 6.07) is 0. The molecule has 0 spiro atoms. The van der Waals surface area contributed by atoms with Crippen LogP contribution in [0.3, 0.4) is 0 Å². The van der Waals surface area contributed by atoms with Gasteiger partial charge in [0.15, 0.2) is 0 Å². The van der Waals surface area contributed by atoms with Crippen molar-refractivity contribution in [1.29, 1.82) is 0 Å². The van der Waals surface area contributed by atoms with Crippen LogP contribution in [0.4, 0.5) is 0 Å². The van der Waals surface area contributed by atoms with Crippen LogP contribution in [0.15, 0.2) is 69.2 Å². The Balaban J connectivity index is 1.95. The summed E-state index contributed by atoms with van der Waals surface area (Å²) in [6.07, 6.45) is 11.5. The quantitative estimate of drug-likeness (QED) is 0.292. The molecule has 3 rings (SSSR count). The molecule has 1 fully saturated rings. The number of ether oxygens (including phenoxy) is 1. The Morgan fingerprint density at radius 1 is 0.778 bits per heavy atom. The van der Waals surface area contributed by atoms with Gasteiger partial charge in [-0.1, -0.05) is 41.5 Å². The molecule has 2 aliphatic heterocycles. The molecule has 0 amide bonds. The second-order valence-corrected chi connectivity index (χ2v) is 16.6. The molecule has 0 bridgehead atoms. The minimum Gasteiger partial charge on any atom is -0.0530 e. The molecule has 197 valence electrons. The molecule has 2 heterocycles. The van der Waals surface area contributed by atoms with E-state index < -0.39 is 12.0 Å². The number of Topliss-reactive ketones (excluding diaryl/α,β-unsaturated/α-hetero) is 1. The standard InChI is InChI=1S/C32H45O3Se/c1-29(2,3)23-15-19(16-24(35-23)30(4,5)6)13-21-27(33)22(28(21)34)14-20-17-25(31(7,8)9)36-26(18-20)32(10,11)12/h13-18,21,27,33H,1-12H3. The normalized spacial score (nSPS) is 24.8. The van der Waals surface area contributed by atoms with Crippen LogP contribution in [0.25, 0.3) is 0 Å². The molecular formula is C32H45O3Se. The maximum absolute atomic E-state index is 13.2. The fraction of sp³-hybridized carbons (Fsp3) is 0.562. The molecule has 3 aliphatic rings. The third-order valence-corrected chi connectivity index (χ3v) is 10.5. The van der Waals surface area contributed by atoms with Crippen molar-refractivity contribution in [2.45, 2.75) is 89.2 Å². The van der Waals surface area contributed by atoms with E-state index in [1.807, 2.05) is 24.3 Å². The van der Waals surface area contributed by atoms with Gasteiger partial charge in [0.2, 0.25) is 0 Å². The first-order chi connectivity index (χ1) is 16.2. The zero-order chi connectivity index (χ0) is 27.4. The van der Waals surface area contributed by atoms with Crippen molar-refractivity contribution in [3.05, 3.63) is 69.2 Å². The van der Waals surface area contributed by atoms with Crippen LogP contribution in [0, 0.1) is 27.6 Å². The molecule has 1 saturated carbocycles. The molecule has 0 aromatic heterocycles. The van der Waals surface area contributed by atoms with Crippen LogP contribution in [-0.2, 0) is 9.53 Å². The number of hydrogen-bond donors (Lipinski definition) is 1. The number of allylic oxidation sites excluding steroid dienone is 10. The molecular weight excluding hydrogens is 511 g/mol. The van der Waals surface area contributed by atoms with E-state index in [4.69, 9.17) is 4.74 Å². The summed E-state index contributed by atoms with van der Waals surface area (Å²) in [7, 11) is 0. The van der Waals surface area contributed by atoms with Gasteiger partial charge in [-0.15, -0.1) is 0 Å². The fourth-order valence-electron chi connectivity index (χ4n) is 3.99. The number of aliphatic hydroxyl groups is 1. The molecule has 36 heavy (non-hydrogen) atoms. The number of aliphatic hydroxyl groups excluding tert-OH is 1. The summed E-state index contributed by atoms with van der Waals surface area (Å²) in [4.78, 5) is 13.2. The van der Waals surface area contributed by atoms with Crippen molar-refractivity contribution in [1.82, 2.24) is 0 Å². The molecule has 0 aromatic carbocycles. The van der Waals surface area contributed by atoms with Crippen molar-refractivity contribution in [2.24, 2.45) is 27.6 Å². The van der Waals surface area contributed by atoms with Crippen LogP contribution in [0.2, 0.25) is 0 Å². The average molecular weight is 557 g/mol. The first kappa shape index (κ1) is 28.8. The topological polar surface area (TPSA) is 46.5 Å². The van der Waals surface area contributed by atoms with Gasteiger partial charge in [-0.3, -0.25) is 0 Å². The summed E-state index contributed by atoms with van der Waals surface area (Å²) in [6.45, 7) is 26.2. The van der Waals surface area contributed by atoms with E-state index in [1.54, 1.807) is 0 Å². The predicted octanol–water partition coefficient (Wildman–Crippen LogP) is 7.08. The Bertz CT molecular complexity index is 1110. The smallest absolute Gasteiger partial charge is 0.0530 e. The molecule has 0 saturated heterocycles. The molecule has 1 radical (unpaired) electrons. The number of carbonyl (C=O) groups excluding carboxylic acids is 1. The van der Waals surface area contributed by atoms with E-state index in [-0.39, 0.29) is 42.0 Å². The van der Waals surface area contributed by atoms with Gasteiger partial charge < -0.3 is 0 Å². The Kier molecular flexibility index (Phi) is 7.63. The van der Waals surface area contributed by atoms with Gasteiger partial charge >= 0.3 is 184 Å². The summed E-state index contributed by atoms with van der Waals surface area (Å²) in [5.41, 5.74) is 2.26. The van der Waals surface area contributed by atoms with Crippen molar-refractivity contribution < 1.29 is 14.6 Å². The minimum absolute atomic E-state index is 0.00193. The second-order valence-electron chi connectivity index (χ2n) is 14.3. The summed E-state index contributed by atoms with van der Waals surface area (Å²) >= 11 is 0.283. The molecule has 2 unspecified atom stereocenters. The predicted molar refractivity (Wildman–Crippen MR) is 153 cm³/mol. The van der Waals surface area contributed by atoms with Gasteiger partial charge in [0.05, 0.1) is 0 Å². The van der Waals surface area contributed by atoms with E-state index >= 15 is 0 Å². The fourth-order valence-corrected chi connectivity index (χ4v) is 6.59. The summed E-state index contributed by atoms with van der Waals surface area (Å²) in [5.74, 6) is 1.21. The van der Waals surface area contributed by atoms with Crippen molar-refractivity contribution in [3.63, 3.8) is 0 Å². The third-order valence-electron chi connectivity index (χ3n) is 6.53. The van der Waals surface area contributed by atoms with Crippen LogP contribution < -0.4 is 0 Å². The van der Waals surface area contributed by atoms with Crippen LogP contribution >= 0.6 is 0 Å². The van der Waals surface area contributed by atoms with Crippen LogP contribution in [-0.4, -0.2) is 35.9 Å². The van der Waals surface area contributed by atoms with Gasteiger partial charge in [-0.25, -0.2) is 0 Å². The third kappa shape index (κ3) is 6.39. The monoisotopic (exact) mass is 557 g/mol. The van der Waals surface area contributed by atoms with Gasteiger partial charge in [0, 0.05) is 0 Å². The van der Waals surface area contributed by atoms with Gasteiger partial charge in [-0.05, 0) is 0 Å².